The third-order valence-corrected chi connectivity index (χ3v) is 2.63. The average molecular weight is 254 g/mol. The second-order valence-electron chi connectivity index (χ2n) is 4.49. The summed E-state index contributed by atoms with van der Waals surface area (Å²) in [7, 11) is 1.79. The van der Waals surface area contributed by atoms with Crippen molar-refractivity contribution in [2.45, 2.75) is 32.7 Å². The number of carboxylic acid groups (broad SMARTS) is 1. The summed E-state index contributed by atoms with van der Waals surface area (Å²) in [5, 5.41) is 19.0. The van der Waals surface area contributed by atoms with Gasteiger partial charge in [-0.1, -0.05) is 13.8 Å². The van der Waals surface area contributed by atoms with Crippen molar-refractivity contribution in [1.29, 1.82) is 0 Å². The predicted octanol–water partition coefficient (Wildman–Crippen LogP) is -0.0269. The number of hydrogen-bond donors (Lipinski definition) is 2. The minimum Gasteiger partial charge on any atom is -0.480 e. The molecule has 0 aromatic carbocycles. The molecule has 0 aliphatic rings. The van der Waals surface area contributed by atoms with Gasteiger partial charge < -0.3 is 15.0 Å². The van der Waals surface area contributed by atoms with Gasteiger partial charge in [0.05, 0.1) is 0 Å². The third-order valence-electron chi connectivity index (χ3n) is 2.63. The van der Waals surface area contributed by atoms with Gasteiger partial charge in [-0.15, -0.1) is 10.2 Å². The van der Waals surface area contributed by atoms with Crippen molar-refractivity contribution in [3.05, 3.63) is 12.2 Å². The maximum Gasteiger partial charge on any atom is 0.326 e. The van der Waals surface area contributed by atoms with Gasteiger partial charge in [0.2, 0.25) is 5.91 Å². The predicted molar refractivity (Wildman–Crippen MR) is 63.7 cm³/mol. The Labute approximate surface area is 105 Å². The summed E-state index contributed by atoms with van der Waals surface area (Å²) in [6, 6.07) is -0.850. The maximum atomic E-state index is 11.6. The van der Waals surface area contributed by atoms with Crippen LogP contribution in [0.15, 0.2) is 6.33 Å². The molecule has 0 aliphatic heterocycles. The Balaban J connectivity index is 2.46. The van der Waals surface area contributed by atoms with E-state index in [-0.39, 0.29) is 18.2 Å². The normalized spacial score (nSPS) is 12.4. The molecule has 0 fully saturated rings. The van der Waals surface area contributed by atoms with Crippen LogP contribution < -0.4 is 5.32 Å². The Hall–Kier alpha value is -1.92. The number of aryl methyl sites for hydroxylation is 2. The largest absolute Gasteiger partial charge is 0.480 e. The molecule has 1 rings (SSSR count). The Kier molecular flexibility index (Phi) is 4.82. The van der Waals surface area contributed by atoms with E-state index in [1.807, 2.05) is 0 Å². The Morgan fingerprint density at radius 1 is 1.50 bits per heavy atom. The van der Waals surface area contributed by atoms with Crippen LogP contribution >= 0.6 is 0 Å². The number of carboxylic acids is 1. The van der Waals surface area contributed by atoms with Crippen molar-refractivity contribution in [3.63, 3.8) is 0 Å². The van der Waals surface area contributed by atoms with Gasteiger partial charge in [-0.2, -0.15) is 0 Å². The number of carbonyl (C=O) groups is 2. The van der Waals surface area contributed by atoms with E-state index in [1.165, 1.54) is 0 Å². The molecule has 0 unspecified atom stereocenters. The average Bonchev–Trinajstić information content (AvgIpc) is 2.68. The smallest absolute Gasteiger partial charge is 0.326 e. The van der Waals surface area contributed by atoms with Crippen molar-refractivity contribution < 1.29 is 14.7 Å². The molecule has 0 bridgehead atoms. The van der Waals surface area contributed by atoms with Crippen molar-refractivity contribution in [3.8, 4) is 0 Å². The number of hydrogen-bond acceptors (Lipinski definition) is 4. The van der Waals surface area contributed by atoms with Gasteiger partial charge in [0, 0.05) is 19.9 Å². The minimum absolute atomic E-state index is 0.152. The molecule has 0 saturated heterocycles. The van der Waals surface area contributed by atoms with E-state index in [0.717, 1.165) is 0 Å². The molecule has 0 aliphatic carbocycles. The Morgan fingerprint density at radius 2 is 2.17 bits per heavy atom. The fourth-order valence-corrected chi connectivity index (χ4v) is 1.52. The first-order valence-electron chi connectivity index (χ1n) is 5.77. The summed E-state index contributed by atoms with van der Waals surface area (Å²) in [6.07, 6.45) is 2.19. The standard InChI is InChI=1S/C11H18N4O3/c1-7(2)10(11(17)18)13-9(16)5-4-8-14-12-6-15(8)3/h6-7,10H,4-5H2,1-3H3,(H,13,16)(H,17,18)/t10-/m0/s1. The topological polar surface area (TPSA) is 97.1 Å². The number of rotatable bonds is 6. The number of aliphatic carboxylic acids is 1. The molecular weight excluding hydrogens is 236 g/mol. The number of carbonyl (C=O) groups excluding carboxylic acids is 1. The van der Waals surface area contributed by atoms with Crippen molar-refractivity contribution in [1.82, 2.24) is 20.1 Å². The molecule has 7 nitrogen and oxygen atoms in total. The lowest BCUT2D eigenvalue weighted by Crippen LogP contribution is -2.44. The molecule has 0 radical (unpaired) electrons. The number of nitrogens with zero attached hydrogens (tertiary/aromatic N) is 3. The summed E-state index contributed by atoms with van der Waals surface area (Å²) in [5.74, 6) is -0.765. The second-order valence-corrected chi connectivity index (χ2v) is 4.49. The van der Waals surface area contributed by atoms with Crippen LogP contribution in [-0.2, 0) is 23.1 Å². The summed E-state index contributed by atoms with van der Waals surface area (Å²) in [4.78, 5) is 22.6. The zero-order valence-electron chi connectivity index (χ0n) is 10.8. The van der Waals surface area contributed by atoms with E-state index in [4.69, 9.17) is 5.11 Å². The molecule has 1 heterocycles. The molecule has 18 heavy (non-hydrogen) atoms. The van der Waals surface area contributed by atoms with Crippen LogP contribution in [0.1, 0.15) is 26.1 Å². The Bertz CT molecular complexity index is 428. The van der Waals surface area contributed by atoms with Gasteiger partial charge in [0.1, 0.15) is 18.2 Å². The van der Waals surface area contributed by atoms with Crippen LogP contribution in [0, 0.1) is 5.92 Å². The zero-order valence-corrected chi connectivity index (χ0v) is 10.8. The highest BCUT2D eigenvalue weighted by Crippen LogP contribution is 2.03. The highest BCUT2D eigenvalue weighted by molar-refractivity contribution is 5.83. The summed E-state index contributed by atoms with van der Waals surface area (Å²) in [6.45, 7) is 3.50. The number of amides is 1. The monoisotopic (exact) mass is 254 g/mol. The van der Waals surface area contributed by atoms with E-state index in [9.17, 15) is 9.59 Å². The first-order chi connectivity index (χ1) is 8.41. The van der Waals surface area contributed by atoms with Gasteiger partial charge in [-0.3, -0.25) is 4.79 Å². The first kappa shape index (κ1) is 14.1. The Morgan fingerprint density at radius 3 is 2.61 bits per heavy atom. The van der Waals surface area contributed by atoms with Crippen LogP contribution in [-0.4, -0.2) is 37.8 Å². The molecule has 100 valence electrons. The summed E-state index contributed by atoms with van der Waals surface area (Å²) >= 11 is 0. The highest BCUT2D eigenvalue weighted by atomic mass is 16.4. The van der Waals surface area contributed by atoms with Gasteiger partial charge in [-0.05, 0) is 5.92 Å². The number of nitrogens with one attached hydrogen (secondary N) is 1. The fourth-order valence-electron chi connectivity index (χ4n) is 1.52. The van der Waals surface area contributed by atoms with Gasteiger partial charge in [0.25, 0.3) is 0 Å². The number of aromatic nitrogens is 3. The molecule has 0 spiro atoms. The fraction of sp³-hybridized carbons (Fsp3) is 0.636. The third kappa shape index (κ3) is 3.83. The van der Waals surface area contributed by atoms with Crippen LogP contribution in [0.3, 0.4) is 0 Å². The lowest BCUT2D eigenvalue weighted by atomic mass is 10.0. The van der Waals surface area contributed by atoms with Gasteiger partial charge in [0.15, 0.2) is 0 Å². The molecule has 1 aromatic heterocycles. The highest BCUT2D eigenvalue weighted by Gasteiger charge is 2.23. The van der Waals surface area contributed by atoms with Crippen LogP contribution in [0.4, 0.5) is 0 Å². The zero-order chi connectivity index (χ0) is 13.7. The molecule has 1 atom stereocenters. The lowest BCUT2D eigenvalue weighted by molar-refractivity contribution is -0.143. The summed E-state index contributed by atoms with van der Waals surface area (Å²) in [5.41, 5.74) is 0. The second kappa shape index (κ2) is 6.13. The van der Waals surface area contributed by atoms with E-state index < -0.39 is 12.0 Å². The molecular formula is C11H18N4O3. The van der Waals surface area contributed by atoms with E-state index in [1.54, 1.807) is 31.8 Å². The molecule has 1 amide bonds. The lowest BCUT2D eigenvalue weighted by Gasteiger charge is -2.17. The molecule has 0 saturated carbocycles. The molecule has 2 N–H and O–H groups in total. The SMILES string of the molecule is CC(C)[C@H](NC(=O)CCc1nncn1C)C(=O)O. The summed E-state index contributed by atoms with van der Waals surface area (Å²) < 4.78 is 1.73. The quantitative estimate of drug-likeness (QED) is 0.743. The maximum absolute atomic E-state index is 11.6. The van der Waals surface area contributed by atoms with Crippen LogP contribution in [0.25, 0.3) is 0 Å². The van der Waals surface area contributed by atoms with Crippen molar-refractivity contribution >= 4 is 11.9 Å². The molecule has 7 heteroatoms. The van der Waals surface area contributed by atoms with E-state index >= 15 is 0 Å². The minimum atomic E-state index is -1.02. The first-order valence-corrected chi connectivity index (χ1v) is 5.77. The molecule has 1 aromatic rings. The van der Waals surface area contributed by atoms with Crippen molar-refractivity contribution in [2.75, 3.05) is 0 Å². The van der Waals surface area contributed by atoms with Gasteiger partial charge in [-0.25, -0.2) is 4.79 Å². The van der Waals surface area contributed by atoms with Crippen LogP contribution in [0.2, 0.25) is 0 Å². The van der Waals surface area contributed by atoms with E-state index in [2.05, 4.69) is 15.5 Å². The van der Waals surface area contributed by atoms with Crippen molar-refractivity contribution in [2.24, 2.45) is 13.0 Å². The van der Waals surface area contributed by atoms with E-state index in [0.29, 0.717) is 12.2 Å². The van der Waals surface area contributed by atoms with Crippen LogP contribution in [0.5, 0.6) is 0 Å². The van der Waals surface area contributed by atoms with Gasteiger partial charge >= 0.3 is 5.97 Å².